The van der Waals surface area contributed by atoms with Crippen LogP contribution in [0.5, 0.6) is 0 Å². The van der Waals surface area contributed by atoms with Gasteiger partial charge in [0.1, 0.15) is 10.9 Å². The van der Waals surface area contributed by atoms with Gasteiger partial charge in [-0.1, -0.05) is 38.4 Å². The molecule has 2 rings (SSSR count). The highest BCUT2D eigenvalue weighted by Gasteiger charge is 2.19. The number of halogens is 1. The van der Waals surface area contributed by atoms with Gasteiger partial charge in [-0.25, -0.2) is 9.97 Å². The maximum Gasteiger partial charge on any atom is 0.208 e. The average molecular weight is 294 g/mol. The molecule has 20 heavy (non-hydrogen) atoms. The lowest BCUT2D eigenvalue weighted by molar-refractivity contribution is 0.269. The third-order valence-electron chi connectivity index (χ3n) is 2.94. The summed E-state index contributed by atoms with van der Waals surface area (Å²) in [4.78, 5) is 10.5. The Hall–Kier alpha value is -1.39. The highest BCUT2D eigenvalue weighted by molar-refractivity contribution is 6.29. The summed E-state index contributed by atoms with van der Waals surface area (Å²) in [6.07, 6.45) is 3.60. The first-order valence-electron chi connectivity index (χ1n) is 6.59. The SMILES string of the molecule is CN(Cc1ccc(Cl)nc1)Cc1ncc(C(C)(C)C)o1. The molecule has 0 aliphatic carbocycles. The smallest absolute Gasteiger partial charge is 0.208 e. The number of oxazole rings is 1. The Morgan fingerprint density at radius 1 is 1.15 bits per heavy atom. The molecule has 108 valence electrons. The fourth-order valence-corrected chi connectivity index (χ4v) is 1.94. The van der Waals surface area contributed by atoms with Crippen LogP contribution in [0.2, 0.25) is 5.15 Å². The molecule has 2 aromatic heterocycles. The van der Waals surface area contributed by atoms with Gasteiger partial charge >= 0.3 is 0 Å². The molecule has 2 aromatic rings. The largest absolute Gasteiger partial charge is 0.444 e. The molecule has 0 aromatic carbocycles. The summed E-state index contributed by atoms with van der Waals surface area (Å²) in [5, 5.41) is 0.513. The molecule has 0 amide bonds. The predicted molar refractivity (Wildman–Crippen MR) is 79.6 cm³/mol. The van der Waals surface area contributed by atoms with Gasteiger partial charge in [-0.3, -0.25) is 4.90 Å². The number of rotatable bonds is 4. The summed E-state index contributed by atoms with van der Waals surface area (Å²) >= 11 is 5.77. The van der Waals surface area contributed by atoms with Crippen LogP contribution < -0.4 is 0 Å². The number of nitrogens with zero attached hydrogens (tertiary/aromatic N) is 3. The van der Waals surface area contributed by atoms with Crippen molar-refractivity contribution in [1.82, 2.24) is 14.9 Å². The van der Waals surface area contributed by atoms with E-state index in [0.717, 1.165) is 23.8 Å². The van der Waals surface area contributed by atoms with E-state index < -0.39 is 0 Å². The van der Waals surface area contributed by atoms with E-state index in [2.05, 4.69) is 35.6 Å². The minimum atomic E-state index is -0.01000. The van der Waals surface area contributed by atoms with E-state index in [1.165, 1.54) is 0 Å². The molecule has 0 unspecified atom stereocenters. The Morgan fingerprint density at radius 3 is 2.45 bits per heavy atom. The minimum Gasteiger partial charge on any atom is -0.444 e. The van der Waals surface area contributed by atoms with Gasteiger partial charge in [0.25, 0.3) is 0 Å². The van der Waals surface area contributed by atoms with E-state index in [1.54, 1.807) is 12.3 Å². The summed E-state index contributed by atoms with van der Waals surface area (Å²) in [6, 6.07) is 3.77. The molecule has 0 saturated carbocycles. The molecule has 0 radical (unpaired) electrons. The van der Waals surface area contributed by atoms with E-state index in [9.17, 15) is 0 Å². The number of hydrogen-bond acceptors (Lipinski definition) is 4. The van der Waals surface area contributed by atoms with Crippen LogP contribution in [-0.2, 0) is 18.5 Å². The molecule has 0 saturated heterocycles. The van der Waals surface area contributed by atoms with Crippen LogP contribution in [0.4, 0.5) is 0 Å². The van der Waals surface area contributed by atoms with Gasteiger partial charge in [0.05, 0.1) is 12.7 Å². The van der Waals surface area contributed by atoms with Crippen molar-refractivity contribution in [2.24, 2.45) is 0 Å². The Labute approximate surface area is 124 Å². The summed E-state index contributed by atoms with van der Waals surface area (Å²) in [7, 11) is 2.02. The quantitative estimate of drug-likeness (QED) is 0.807. The summed E-state index contributed by atoms with van der Waals surface area (Å²) in [5.41, 5.74) is 1.10. The van der Waals surface area contributed by atoms with Crippen LogP contribution >= 0.6 is 11.6 Å². The van der Waals surface area contributed by atoms with E-state index in [0.29, 0.717) is 11.7 Å². The lowest BCUT2D eigenvalue weighted by atomic mass is 9.94. The summed E-state index contributed by atoms with van der Waals surface area (Å²) in [5.74, 6) is 1.65. The van der Waals surface area contributed by atoms with Crippen LogP contribution in [0.3, 0.4) is 0 Å². The van der Waals surface area contributed by atoms with Crippen molar-refractivity contribution in [3.63, 3.8) is 0 Å². The van der Waals surface area contributed by atoms with Crippen molar-refractivity contribution in [3.8, 4) is 0 Å². The van der Waals surface area contributed by atoms with Gasteiger partial charge in [0, 0.05) is 18.2 Å². The van der Waals surface area contributed by atoms with Crippen LogP contribution in [0, 0.1) is 0 Å². The molecule has 5 heteroatoms. The van der Waals surface area contributed by atoms with Crippen molar-refractivity contribution in [3.05, 3.63) is 46.9 Å². The Kier molecular flexibility index (Phi) is 4.45. The molecule has 0 spiro atoms. The first kappa shape index (κ1) is 15.0. The van der Waals surface area contributed by atoms with Crippen molar-refractivity contribution >= 4 is 11.6 Å². The number of hydrogen-bond donors (Lipinski definition) is 0. The molecule has 0 aliphatic heterocycles. The lowest BCUT2D eigenvalue weighted by Crippen LogP contribution is -2.17. The van der Waals surface area contributed by atoms with Crippen LogP contribution in [0.25, 0.3) is 0 Å². The summed E-state index contributed by atoms with van der Waals surface area (Å²) in [6.45, 7) is 7.78. The Bertz CT molecular complexity index is 557. The van der Waals surface area contributed by atoms with Gasteiger partial charge in [-0.2, -0.15) is 0 Å². The third-order valence-corrected chi connectivity index (χ3v) is 3.16. The third kappa shape index (κ3) is 4.05. The first-order chi connectivity index (χ1) is 9.34. The number of aromatic nitrogens is 2. The van der Waals surface area contributed by atoms with Crippen molar-refractivity contribution < 1.29 is 4.42 Å². The zero-order valence-corrected chi connectivity index (χ0v) is 13.1. The monoisotopic (exact) mass is 293 g/mol. The standard InChI is InChI=1S/C15H20ClN3O/c1-15(2,3)12-8-18-14(20-12)10-19(4)9-11-5-6-13(16)17-7-11/h5-8H,9-10H2,1-4H3. The van der Waals surface area contributed by atoms with Crippen LogP contribution in [0.15, 0.2) is 28.9 Å². The summed E-state index contributed by atoms with van der Waals surface area (Å²) < 4.78 is 5.79. The fraction of sp³-hybridized carbons (Fsp3) is 0.467. The molecule has 0 aliphatic rings. The normalized spacial score (nSPS) is 12.1. The van der Waals surface area contributed by atoms with E-state index in [1.807, 2.05) is 19.3 Å². The highest BCUT2D eigenvalue weighted by atomic mass is 35.5. The second-order valence-corrected chi connectivity index (χ2v) is 6.42. The van der Waals surface area contributed by atoms with Crippen molar-refractivity contribution in [2.75, 3.05) is 7.05 Å². The van der Waals surface area contributed by atoms with Crippen LogP contribution in [-0.4, -0.2) is 21.9 Å². The van der Waals surface area contributed by atoms with Crippen molar-refractivity contribution in [1.29, 1.82) is 0 Å². The second kappa shape index (κ2) is 5.94. The maximum atomic E-state index is 5.79. The second-order valence-electron chi connectivity index (χ2n) is 6.03. The van der Waals surface area contributed by atoms with E-state index >= 15 is 0 Å². The lowest BCUT2D eigenvalue weighted by Gasteiger charge is -2.15. The fourth-order valence-electron chi connectivity index (χ4n) is 1.83. The van der Waals surface area contributed by atoms with Gasteiger partial charge in [-0.05, 0) is 18.7 Å². The van der Waals surface area contributed by atoms with Crippen molar-refractivity contribution in [2.45, 2.75) is 39.3 Å². The molecule has 4 nitrogen and oxygen atoms in total. The molecule has 0 N–H and O–H groups in total. The molecule has 0 bridgehead atoms. The van der Waals surface area contributed by atoms with Gasteiger partial charge in [0.15, 0.2) is 0 Å². The number of pyridine rings is 1. The molecule has 0 atom stereocenters. The van der Waals surface area contributed by atoms with E-state index in [-0.39, 0.29) is 5.41 Å². The van der Waals surface area contributed by atoms with E-state index in [4.69, 9.17) is 16.0 Å². The predicted octanol–water partition coefficient (Wildman–Crippen LogP) is 3.65. The minimum absolute atomic E-state index is 0.01000. The Morgan fingerprint density at radius 2 is 1.90 bits per heavy atom. The first-order valence-corrected chi connectivity index (χ1v) is 6.96. The molecule has 2 heterocycles. The zero-order chi connectivity index (χ0) is 14.8. The van der Waals surface area contributed by atoms with Gasteiger partial charge in [-0.15, -0.1) is 0 Å². The average Bonchev–Trinajstić information content (AvgIpc) is 2.80. The van der Waals surface area contributed by atoms with Gasteiger partial charge in [0.2, 0.25) is 5.89 Å². The molecule has 0 fully saturated rings. The van der Waals surface area contributed by atoms with Gasteiger partial charge < -0.3 is 4.42 Å². The highest BCUT2D eigenvalue weighted by Crippen LogP contribution is 2.23. The topological polar surface area (TPSA) is 42.2 Å². The maximum absolute atomic E-state index is 5.79. The molecular weight excluding hydrogens is 274 g/mol. The van der Waals surface area contributed by atoms with Crippen LogP contribution in [0.1, 0.15) is 38.0 Å². The zero-order valence-electron chi connectivity index (χ0n) is 12.4. The Balaban J connectivity index is 1.96. The molecular formula is C15H20ClN3O.